The van der Waals surface area contributed by atoms with Crippen molar-refractivity contribution in [2.24, 2.45) is 5.92 Å². The summed E-state index contributed by atoms with van der Waals surface area (Å²) < 4.78 is 4.83. The van der Waals surface area contributed by atoms with Gasteiger partial charge in [0.2, 0.25) is 5.91 Å². The molecule has 0 rings (SSSR count). The van der Waals surface area contributed by atoms with E-state index in [9.17, 15) is 9.59 Å². The van der Waals surface area contributed by atoms with Crippen LogP contribution in [0.5, 0.6) is 0 Å². The molecule has 0 fully saturated rings. The van der Waals surface area contributed by atoms with Crippen LogP contribution in [0.25, 0.3) is 0 Å². The Labute approximate surface area is 89.8 Å². The summed E-state index contributed by atoms with van der Waals surface area (Å²) in [7, 11) is 0. The lowest BCUT2D eigenvalue weighted by atomic mass is 10.1. The van der Waals surface area contributed by atoms with Crippen LogP contribution in [0.2, 0.25) is 0 Å². The summed E-state index contributed by atoms with van der Waals surface area (Å²) in [4.78, 5) is 21.6. The van der Waals surface area contributed by atoms with Crippen molar-refractivity contribution < 1.29 is 19.4 Å². The number of carboxylic acids is 1. The minimum Gasteiger partial charge on any atom is -0.479 e. The van der Waals surface area contributed by atoms with Crippen LogP contribution in [0.3, 0.4) is 0 Å². The van der Waals surface area contributed by atoms with E-state index in [1.54, 1.807) is 0 Å². The number of nitrogens with one attached hydrogen (secondary N) is 1. The molecule has 0 aliphatic carbocycles. The molecule has 0 bridgehead atoms. The van der Waals surface area contributed by atoms with Crippen molar-refractivity contribution in [1.29, 1.82) is 0 Å². The molecular formula is C10H19NO4. The lowest BCUT2D eigenvalue weighted by Gasteiger charge is -2.17. The Kier molecular flexibility index (Phi) is 5.93. The summed E-state index contributed by atoms with van der Waals surface area (Å²) in [6.45, 7) is 7.05. The van der Waals surface area contributed by atoms with Crippen molar-refractivity contribution >= 4 is 11.9 Å². The van der Waals surface area contributed by atoms with Crippen LogP contribution >= 0.6 is 0 Å². The first-order chi connectivity index (χ1) is 6.84. The van der Waals surface area contributed by atoms with Gasteiger partial charge in [-0.3, -0.25) is 4.79 Å². The minimum atomic E-state index is -1.07. The van der Waals surface area contributed by atoms with Gasteiger partial charge in [0.15, 0.2) is 6.10 Å². The number of carboxylic acid groups (broad SMARTS) is 1. The van der Waals surface area contributed by atoms with Crippen LogP contribution in [-0.4, -0.2) is 35.7 Å². The maximum absolute atomic E-state index is 11.3. The van der Waals surface area contributed by atoms with Gasteiger partial charge in [0.1, 0.15) is 6.61 Å². The van der Waals surface area contributed by atoms with Crippen LogP contribution < -0.4 is 5.32 Å². The fourth-order valence-electron chi connectivity index (χ4n) is 0.734. The molecule has 0 saturated carbocycles. The van der Waals surface area contributed by atoms with Crippen LogP contribution in [-0.2, 0) is 14.3 Å². The molecular weight excluding hydrogens is 198 g/mol. The predicted molar refractivity (Wildman–Crippen MR) is 55.5 cm³/mol. The Hall–Kier alpha value is -1.10. The highest BCUT2D eigenvalue weighted by Gasteiger charge is 2.15. The van der Waals surface area contributed by atoms with Gasteiger partial charge in [-0.2, -0.15) is 0 Å². The fraction of sp³-hybridized carbons (Fsp3) is 0.800. The highest BCUT2D eigenvalue weighted by molar-refractivity contribution is 5.78. The summed E-state index contributed by atoms with van der Waals surface area (Å²) in [6, 6.07) is 0.0567. The Balaban J connectivity index is 3.80. The van der Waals surface area contributed by atoms with Crippen molar-refractivity contribution in [1.82, 2.24) is 5.32 Å². The molecule has 15 heavy (non-hydrogen) atoms. The second-order valence-electron chi connectivity index (χ2n) is 3.89. The number of hydrogen-bond acceptors (Lipinski definition) is 3. The van der Waals surface area contributed by atoms with Crippen molar-refractivity contribution in [3.05, 3.63) is 0 Å². The van der Waals surface area contributed by atoms with E-state index in [-0.39, 0.29) is 18.6 Å². The average molecular weight is 217 g/mol. The smallest absolute Gasteiger partial charge is 0.332 e. The summed E-state index contributed by atoms with van der Waals surface area (Å²) in [5.41, 5.74) is 0. The second kappa shape index (κ2) is 6.40. The van der Waals surface area contributed by atoms with Gasteiger partial charge in [-0.25, -0.2) is 4.79 Å². The molecule has 0 aromatic rings. The van der Waals surface area contributed by atoms with Gasteiger partial charge in [-0.1, -0.05) is 13.8 Å². The molecule has 1 amide bonds. The first kappa shape index (κ1) is 13.9. The number of carbonyl (C=O) groups excluding carboxylic acids is 1. The van der Waals surface area contributed by atoms with Gasteiger partial charge in [0, 0.05) is 6.04 Å². The van der Waals surface area contributed by atoms with E-state index in [4.69, 9.17) is 9.84 Å². The highest BCUT2D eigenvalue weighted by Crippen LogP contribution is 1.99. The molecule has 0 aliphatic rings. The number of ether oxygens (including phenoxy) is 1. The van der Waals surface area contributed by atoms with E-state index < -0.39 is 12.1 Å². The third-order valence-corrected chi connectivity index (χ3v) is 2.20. The van der Waals surface area contributed by atoms with Crippen LogP contribution in [0.1, 0.15) is 27.7 Å². The van der Waals surface area contributed by atoms with Gasteiger partial charge in [0.25, 0.3) is 0 Å². The Morgan fingerprint density at radius 1 is 1.27 bits per heavy atom. The third-order valence-electron chi connectivity index (χ3n) is 2.20. The number of carbonyl (C=O) groups is 2. The maximum Gasteiger partial charge on any atom is 0.332 e. The third kappa shape index (κ3) is 6.06. The lowest BCUT2D eigenvalue weighted by Crippen LogP contribution is -2.39. The standard InChI is InChI=1S/C10H19NO4/c1-6(2)7(3)11-9(12)5-15-8(4)10(13)14/h6-8H,5H2,1-4H3,(H,11,12)(H,13,14)/t7?,8-/m1/s1. The molecule has 0 aliphatic heterocycles. The van der Waals surface area contributed by atoms with Crippen molar-refractivity contribution in [2.75, 3.05) is 6.61 Å². The number of aliphatic carboxylic acids is 1. The molecule has 2 atom stereocenters. The first-order valence-electron chi connectivity index (χ1n) is 4.98. The van der Waals surface area contributed by atoms with E-state index in [0.29, 0.717) is 5.92 Å². The molecule has 2 N–H and O–H groups in total. The molecule has 5 heteroatoms. The van der Waals surface area contributed by atoms with E-state index in [1.165, 1.54) is 6.92 Å². The maximum atomic E-state index is 11.3. The average Bonchev–Trinajstić information content (AvgIpc) is 2.13. The summed E-state index contributed by atoms with van der Waals surface area (Å²) in [6.07, 6.45) is -0.954. The molecule has 0 spiro atoms. The zero-order valence-electron chi connectivity index (χ0n) is 9.61. The van der Waals surface area contributed by atoms with Gasteiger partial charge in [-0.05, 0) is 19.8 Å². The number of hydrogen-bond donors (Lipinski definition) is 2. The van der Waals surface area contributed by atoms with Crippen LogP contribution in [0.15, 0.2) is 0 Å². The molecule has 1 unspecified atom stereocenters. The largest absolute Gasteiger partial charge is 0.479 e. The normalized spacial score (nSPS) is 14.7. The monoisotopic (exact) mass is 217 g/mol. The van der Waals surface area contributed by atoms with Crippen LogP contribution in [0, 0.1) is 5.92 Å². The van der Waals surface area contributed by atoms with Gasteiger partial charge < -0.3 is 15.2 Å². The molecule has 0 radical (unpaired) electrons. The predicted octanol–water partition coefficient (Wildman–Crippen LogP) is 0.637. The van der Waals surface area contributed by atoms with E-state index in [2.05, 4.69) is 5.32 Å². The molecule has 0 heterocycles. The quantitative estimate of drug-likeness (QED) is 0.684. The lowest BCUT2D eigenvalue weighted by molar-refractivity contribution is -0.150. The highest BCUT2D eigenvalue weighted by atomic mass is 16.5. The van der Waals surface area contributed by atoms with E-state index in [0.717, 1.165) is 0 Å². The molecule has 88 valence electrons. The first-order valence-corrected chi connectivity index (χ1v) is 4.98. The van der Waals surface area contributed by atoms with Crippen molar-refractivity contribution in [3.63, 3.8) is 0 Å². The van der Waals surface area contributed by atoms with Gasteiger partial charge in [-0.15, -0.1) is 0 Å². The fourth-order valence-corrected chi connectivity index (χ4v) is 0.734. The molecule has 0 aromatic carbocycles. The zero-order valence-corrected chi connectivity index (χ0v) is 9.61. The summed E-state index contributed by atoms with van der Waals surface area (Å²) >= 11 is 0. The topological polar surface area (TPSA) is 75.6 Å². The Bertz CT molecular complexity index is 227. The number of amides is 1. The molecule has 0 aromatic heterocycles. The molecule has 5 nitrogen and oxygen atoms in total. The Morgan fingerprint density at radius 3 is 2.20 bits per heavy atom. The van der Waals surface area contributed by atoms with Crippen LogP contribution in [0.4, 0.5) is 0 Å². The zero-order chi connectivity index (χ0) is 12.0. The van der Waals surface area contributed by atoms with Gasteiger partial charge >= 0.3 is 5.97 Å². The minimum absolute atomic E-state index is 0.0567. The van der Waals surface area contributed by atoms with Crippen molar-refractivity contribution in [3.8, 4) is 0 Å². The summed E-state index contributed by atoms with van der Waals surface area (Å²) in [5, 5.41) is 11.2. The Morgan fingerprint density at radius 2 is 1.80 bits per heavy atom. The summed E-state index contributed by atoms with van der Waals surface area (Å²) in [5.74, 6) is -1.02. The second-order valence-corrected chi connectivity index (χ2v) is 3.89. The number of rotatable bonds is 6. The van der Waals surface area contributed by atoms with E-state index >= 15 is 0 Å². The van der Waals surface area contributed by atoms with E-state index in [1.807, 2.05) is 20.8 Å². The SMILES string of the molecule is CC(C)C(C)NC(=O)CO[C@H](C)C(=O)O. The van der Waals surface area contributed by atoms with Crippen molar-refractivity contribution in [2.45, 2.75) is 39.8 Å². The molecule has 0 saturated heterocycles. The van der Waals surface area contributed by atoms with Gasteiger partial charge in [0.05, 0.1) is 0 Å².